The average Bonchev–Trinajstić information content (AvgIpc) is 2.40. The SMILES string of the molecule is Cc1ccc(S(C)(=O)=O)cc1C(=O)N1CC(OC(=O)NC(C)C)C1. The van der Waals surface area contributed by atoms with Crippen molar-refractivity contribution in [2.24, 2.45) is 0 Å². The van der Waals surface area contributed by atoms with E-state index in [9.17, 15) is 18.0 Å². The molecule has 0 aliphatic carbocycles. The second-order valence-electron chi connectivity index (χ2n) is 6.29. The highest BCUT2D eigenvalue weighted by Crippen LogP contribution is 2.21. The van der Waals surface area contributed by atoms with Gasteiger partial charge in [0.05, 0.1) is 18.0 Å². The second kappa shape index (κ2) is 6.80. The molecular weight excluding hydrogens is 332 g/mol. The number of ether oxygens (including phenoxy) is 1. The first kappa shape index (κ1) is 18.3. The predicted octanol–water partition coefficient (Wildman–Crippen LogP) is 1.36. The summed E-state index contributed by atoms with van der Waals surface area (Å²) in [6.07, 6.45) is 0.260. The molecule has 1 heterocycles. The maximum Gasteiger partial charge on any atom is 0.407 e. The van der Waals surface area contributed by atoms with Crippen LogP contribution in [0.2, 0.25) is 0 Å². The van der Waals surface area contributed by atoms with Gasteiger partial charge in [-0.2, -0.15) is 0 Å². The van der Waals surface area contributed by atoms with Gasteiger partial charge in [-0.15, -0.1) is 0 Å². The number of alkyl carbamates (subject to hydrolysis) is 1. The lowest BCUT2D eigenvalue weighted by molar-refractivity contribution is -0.00706. The number of benzene rings is 1. The predicted molar refractivity (Wildman–Crippen MR) is 88.7 cm³/mol. The molecule has 7 nitrogen and oxygen atoms in total. The number of carbonyl (C=O) groups is 2. The van der Waals surface area contributed by atoms with Crippen molar-refractivity contribution in [1.82, 2.24) is 10.2 Å². The van der Waals surface area contributed by atoms with Crippen LogP contribution in [-0.4, -0.2) is 56.8 Å². The lowest BCUT2D eigenvalue weighted by atomic mass is 10.0. The normalized spacial score (nSPS) is 15.1. The Kier molecular flexibility index (Phi) is 5.17. The Labute approximate surface area is 141 Å². The maximum absolute atomic E-state index is 12.5. The second-order valence-corrected chi connectivity index (χ2v) is 8.30. The third-order valence-corrected chi connectivity index (χ3v) is 4.79. The van der Waals surface area contributed by atoms with Gasteiger partial charge < -0.3 is 15.0 Å². The van der Waals surface area contributed by atoms with E-state index in [0.29, 0.717) is 24.2 Å². The number of sulfone groups is 1. The summed E-state index contributed by atoms with van der Waals surface area (Å²) in [5.41, 5.74) is 1.05. The maximum atomic E-state index is 12.5. The molecule has 132 valence electrons. The number of nitrogens with one attached hydrogen (secondary N) is 1. The van der Waals surface area contributed by atoms with Crippen LogP contribution < -0.4 is 5.32 Å². The Balaban J connectivity index is 2.01. The summed E-state index contributed by atoms with van der Waals surface area (Å²) in [5.74, 6) is -0.262. The van der Waals surface area contributed by atoms with E-state index in [1.165, 1.54) is 17.0 Å². The first-order valence-electron chi connectivity index (χ1n) is 7.65. The highest BCUT2D eigenvalue weighted by atomic mass is 32.2. The molecule has 1 fully saturated rings. The zero-order chi connectivity index (χ0) is 18.1. The molecule has 8 heteroatoms. The third kappa shape index (κ3) is 4.25. The molecule has 1 saturated heterocycles. The minimum Gasteiger partial charge on any atom is -0.442 e. The minimum absolute atomic E-state index is 0.0170. The van der Waals surface area contributed by atoms with Gasteiger partial charge in [0, 0.05) is 17.9 Å². The molecule has 1 aromatic carbocycles. The van der Waals surface area contributed by atoms with Gasteiger partial charge in [0.2, 0.25) is 0 Å². The van der Waals surface area contributed by atoms with Crippen LogP contribution in [0.15, 0.2) is 23.1 Å². The molecule has 1 aromatic rings. The van der Waals surface area contributed by atoms with E-state index in [1.807, 2.05) is 13.8 Å². The Bertz CT molecular complexity index is 752. The Morgan fingerprint density at radius 3 is 2.46 bits per heavy atom. The van der Waals surface area contributed by atoms with Crippen LogP contribution in [0.25, 0.3) is 0 Å². The lowest BCUT2D eigenvalue weighted by Crippen LogP contribution is -2.56. The van der Waals surface area contributed by atoms with Crippen molar-refractivity contribution in [2.75, 3.05) is 19.3 Å². The molecule has 24 heavy (non-hydrogen) atoms. The number of rotatable bonds is 4. The highest BCUT2D eigenvalue weighted by Gasteiger charge is 2.34. The van der Waals surface area contributed by atoms with Crippen molar-refractivity contribution in [3.05, 3.63) is 29.3 Å². The molecule has 0 spiro atoms. The Hall–Kier alpha value is -2.09. The average molecular weight is 354 g/mol. The standard InChI is InChI=1S/C16H22N2O5S/c1-10(2)17-16(20)23-12-8-18(9-12)15(19)14-7-13(24(4,21)22)6-5-11(14)3/h5-7,10,12H,8-9H2,1-4H3,(H,17,20). The van der Waals surface area contributed by atoms with Crippen LogP contribution in [0.1, 0.15) is 29.8 Å². The van der Waals surface area contributed by atoms with E-state index < -0.39 is 15.9 Å². The zero-order valence-corrected chi connectivity index (χ0v) is 15.0. The van der Waals surface area contributed by atoms with Crippen LogP contribution >= 0.6 is 0 Å². The van der Waals surface area contributed by atoms with Crippen LogP contribution in [-0.2, 0) is 14.6 Å². The summed E-state index contributed by atoms with van der Waals surface area (Å²) in [6.45, 7) is 6.01. The van der Waals surface area contributed by atoms with Crippen molar-refractivity contribution in [3.63, 3.8) is 0 Å². The van der Waals surface area contributed by atoms with E-state index in [0.717, 1.165) is 6.26 Å². The van der Waals surface area contributed by atoms with Crippen LogP contribution in [0, 0.1) is 6.92 Å². The molecule has 2 amide bonds. The fraction of sp³-hybridized carbons (Fsp3) is 0.500. The molecule has 2 rings (SSSR count). The first-order valence-corrected chi connectivity index (χ1v) is 9.54. The van der Waals surface area contributed by atoms with E-state index in [4.69, 9.17) is 4.74 Å². The highest BCUT2D eigenvalue weighted by molar-refractivity contribution is 7.90. The molecule has 0 aromatic heterocycles. The minimum atomic E-state index is -3.38. The van der Waals surface area contributed by atoms with Crippen molar-refractivity contribution in [1.29, 1.82) is 0 Å². The van der Waals surface area contributed by atoms with Crippen LogP contribution in [0.5, 0.6) is 0 Å². The van der Waals surface area contributed by atoms with E-state index in [2.05, 4.69) is 5.32 Å². The topological polar surface area (TPSA) is 92.8 Å². The van der Waals surface area contributed by atoms with E-state index in [1.54, 1.807) is 13.0 Å². The number of aryl methyl sites for hydroxylation is 1. The number of carbonyl (C=O) groups excluding carboxylic acids is 2. The van der Waals surface area contributed by atoms with Crippen molar-refractivity contribution in [3.8, 4) is 0 Å². The van der Waals surface area contributed by atoms with Crippen LogP contribution in [0.4, 0.5) is 4.79 Å². The number of likely N-dealkylation sites (tertiary alicyclic amines) is 1. The molecular formula is C16H22N2O5S. The van der Waals surface area contributed by atoms with Gasteiger partial charge in [-0.25, -0.2) is 13.2 Å². The summed E-state index contributed by atoms with van der Waals surface area (Å²) in [7, 11) is -3.38. The van der Waals surface area contributed by atoms with Gasteiger partial charge in [-0.05, 0) is 38.5 Å². The largest absolute Gasteiger partial charge is 0.442 e. The summed E-state index contributed by atoms with van der Waals surface area (Å²) in [5, 5.41) is 2.62. The van der Waals surface area contributed by atoms with Crippen LogP contribution in [0.3, 0.4) is 0 Å². The fourth-order valence-electron chi connectivity index (χ4n) is 2.33. The smallest absolute Gasteiger partial charge is 0.407 e. The molecule has 0 atom stereocenters. The summed E-state index contributed by atoms with van der Waals surface area (Å²) in [4.78, 5) is 25.7. The number of amides is 2. The number of nitrogens with zero attached hydrogens (tertiary/aromatic N) is 1. The summed E-state index contributed by atoms with van der Waals surface area (Å²) < 4.78 is 28.5. The van der Waals surface area contributed by atoms with E-state index in [-0.39, 0.29) is 22.9 Å². The molecule has 1 aliphatic rings. The van der Waals surface area contributed by atoms with E-state index >= 15 is 0 Å². The van der Waals surface area contributed by atoms with Crippen molar-refractivity contribution >= 4 is 21.8 Å². The lowest BCUT2D eigenvalue weighted by Gasteiger charge is -2.38. The first-order chi connectivity index (χ1) is 11.1. The van der Waals surface area contributed by atoms with Gasteiger partial charge >= 0.3 is 6.09 Å². The summed E-state index contributed by atoms with van der Waals surface area (Å²) in [6, 6.07) is 4.48. The van der Waals surface area contributed by atoms with Gasteiger partial charge in [0.25, 0.3) is 5.91 Å². The fourth-order valence-corrected chi connectivity index (χ4v) is 2.98. The monoisotopic (exact) mass is 354 g/mol. The van der Waals surface area contributed by atoms with Crippen molar-refractivity contribution in [2.45, 2.75) is 37.8 Å². The quantitative estimate of drug-likeness (QED) is 0.881. The molecule has 1 aliphatic heterocycles. The molecule has 0 radical (unpaired) electrons. The zero-order valence-electron chi connectivity index (χ0n) is 14.2. The van der Waals surface area contributed by atoms with Gasteiger partial charge in [-0.3, -0.25) is 4.79 Å². The number of hydrogen-bond acceptors (Lipinski definition) is 5. The molecule has 0 bridgehead atoms. The summed E-state index contributed by atoms with van der Waals surface area (Å²) >= 11 is 0. The molecule has 0 saturated carbocycles. The Morgan fingerprint density at radius 1 is 1.29 bits per heavy atom. The molecule has 0 unspecified atom stereocenters. The van der Waals surface area contributed by atoms with Crippen molar-refractivity contribution < 1.29 is 22.7 Å². The van der Waals surface area contributed by atoms with Gasteiger partial charge in [0.1, 0.15) is 6.10 Å². The third-order valence-electron chi connectivity index (χ3n) is 3.68. The Morgan fingerprint density at radius 2 is 1.92 bits per heavy atom. The molecule has 1 N–H and O–H groups in total. The number of hydrogen-bond donors (Lipinski definition) is 1. The van der Waals surface area contributed by atoms with Gasteiger partial charge in [0.15, 0.2) is 9.84 Å². The van der Waals surface area contributed by atoms with Gasteiger partial charge in [-0.1, -0.05) is 6.07 Å².